The van der Waals surface area contributed by atoms with Crippen LogP contribution in [-0.4, -0.2) is 29.5 Å². The Morgan fingerprint density at radius 2 is 2.04 bits per heavy atom. The molecule has 0 saturated carbocycles. The Kier molecular flexibility index (Phi) is 4.64. The minimum Gasteiger partial charge on any atom is -0.495 e. The number of hydrogen-bond donors (Lipinski definition) is 1. The van der Waals surface area contributed by atoms with Crippen LogP contribution in [0.4, 0.5) is 17.2 Å². The van der Waals surface area contributed by atoms with Crippen molar-refractivity contribution >= 4 is 34.7 Å². The largest absolute Gasteiger partial charge is 0.495 e. The second kappa shape index (κ2) is 7.25. The zero-order valence-corrected chi connectivity index (χ0v) is 15.4. The highest BCUT2D eigenvalue weighted by molar-refractivity contribution is 6.32. The van der Waals surface area contributed by atoms with E-state index in [4.69, 9.17) is 16.3 Å². The number of fused-ring (bicyclic) bond motifs is 1. The van der Waals surface area contributed by atoms with Crippen molar-refractivity contribution in [1.29, 1.82) is 0 Å². The first-order chi connectivity index (χ1) is 13.2. The van der Waals surface area contributed by atoms with Crippen molar-refractivity contribution < 1.29 is 9.53 Å². The third-order valence-electron chi connectivity index (χ3n) is 4.44. The lowest BCUT2D eigenvalue weighted by Gasteiger charge is -2.17. The first kappa shape index (κ1) is 17.3. The van der Waals surface area contributed by atoms with E-state index in [1.165, 1.54) is 11.9 Å². The summed E-state index contributed by atoms with van der Waals surface area (Å²) < 4.78 is 5.15. The lowest BCUT2D eigenvalue weighted by atomic mass is 10.2. The second-order valence-electron chi connectivity index (χ2n) is 6.10. The fourth-order valence-electron chi connectivity index (χ4n) is 3.12. The Morgan fingerprint density at radius 3 is 2.85 bits per heavy atom. The van der Waals surface area contributed by atoms with E-state index in [9.17, 15) is 4.79 Å². The summed E-state index contributed by atoms with van der Waals surface area (Å²) >= 11 is 6.15. The Labute approximate surface area is 161 Å². The number of benzene rings is 2. The van der Waals surface area contributed by atoms with Gasteiger partial charge in [-0.1, -0.05) is 29.8 Å². The molecule has 1 aliphatic rings. The van der Waals surface area contributed by atoms with Gasteiger partial charge in [0.1, 0.15) is 23.6 Å². The maximum atomic E-state index is 12.9. The number of rotatable bonds is 4. The van der Waals surface area contributed by atoms with Crippen molar-refractivity contribution in [3.63, 3.8) is 0 Å². The average molecular weight is 381 g/mol. The first-order valence-electron chi connectivity index (χ1n) is 8.48. The third-order valence-corrected chi connectivity index (χ3v) is 4.74. The highest BCUT2D eigenvalue weighted by Crippen LogP contribution is 2.30. The Hall–Kier alpha value is -3.12. The number of carbonyl (C=O) groups excluding carboxylic acids is 1. The van der Waals surface area contributed by atoms with E-state index in [0.29, 0.717) is 28.8 Å². The molecular formula is C20H17ClN4O2. The number of para-hydroxylation sites is 1. The Morgan fingerprint density at radius 1 is 1.19 bits per heavy atom. The normalized spacial score (nSPS) is 12.6. The number of anilines is 3. The van der Waals surface area contributed by atoms with Crippen LogP contribution in [0.2, 0.25) is 5.02 Å². The summed E-state index contributed by atoms with van der Waals surface area (Å²) in [5.74, 6) is 0.966. The van der Waals surface area contributed by atoms with Gasteiger partial charge >= 0.3 is 0 Å². The van der Waals surface area contributed by atoms with E-state index in [1.54, 1.807) is 30.2 Å². The van der Waals surface area contributed by atoms with Crippen LogP contribution in [0.25, 0.3) is 0 Å². The topological polar surface area (TPSA) is 67.3 Å². The van der Waals surface area contributed by atoms with Gasteiger partial charge in [-0.05, 0) is 36.2 Å². The van der Waals surface area contributed by atoms with Gasteiger partial charge in [0, 0.05) is 24.0 Å². The summed E-state index contributed by atoms with van der Waals surface area (Å²) in [7, 11) is 1.56. The van der Waals surface area contributed by atoms with Crippen LogP contribution in [0.3, 0.4) is 0 Å². The molecule has 1 amide bonds. The lowest BCUT2D eigenvalue weighted by molar-refractivity contribution is 0.0984. The molecule has 0 unspecified atom stereocenters. The fourth-order valence-corrected chi connectivity index (χ4v) is 3.38. The number of methoxy groups -OCH3 is 1. The minimum absolute atomic E-state index is 0.141. The zero-order chi connectivity index (χ0) is 18.8. The molecule has 2 heterocycles. The van der Waals surface area contributed by atoms with Crippen LogP contribution >= 0.6 is 11.6 Å². The predicted molar refractivity (Wildman–Crippen MR) is 105 cm³/mol. The van der Waals surface area contributed by atoms with E-state index in [0.717, 1.165) is 17.8 Å². The molecule has 6 nitrogen and oxygen atoms in total. The van der Waals surface area contributed by atoms with E-state index < -0.39 is 0 Å². The predicted octanol–water partition coefficient (Wildman–Crippen LogP) is 4.09. The van der Waals surface area contributed by atoms with Crippen molar-refractivity contribution in [2.24, 2.45) is 0 Å². The van der Waals surface area contributed by atoms with Crippen LogP contribution in [0.5, 0.6) is 5.75 Å². The van der Waals surface area contributed by atoms with Crippen molar-refractivity contribution in [1.82, 2.24) is 9.97 Å². The molecule has 0 spiro atoms. The van der Waals surface area contributed by atoms with Gasteiger partial charge in [-0.3, -0.25) is 4.79 Å². The molecular weight excluding hydrogens is 364 g/mol. The molecule has 0 saturated heterocycles. The summed E-state index contributed by atoms with van der Waals surface area (Å²) in [4.78, 5) is 23.0. The molecule has 0 bridgehead atoms. The summed E-state index contributed by atoms with van der Waals surface area (Å²) in [6.07, 6.45) is 2.23. The number of ether oxygens (including phenoxy) is 1. The highest BCUT2D eigenvalue weighted by atomic mass is 35.5. The summed E-state index contributed by atoms with van der Waals surface area (Å²) in [6, 6.07) is 14.9. The molecule has 0 aliphatic carbocycles. The lowest BCUT2D eigenvalue weighted by Crippen LogP contribution is -2.29. The summed E-state index contributed by atoms with van der Waals surface area (Å²) in [5.41, 5.74) is 3.19. The van der Waals surface area contributed by atoms with Gasteiger partial charge in [0.05, 0.1) is 12.1 Å². The van der Waals surface area contributed by atoms with Crippen LogP contribution in [0.1, 0.15) is 16.1 Å². The SMILES string of the molecule is COc1ccc(Nc2cc(C(=O)N3CCc4ccccc43)ncn2)cc1Cl. The van der Waals surface area contributed by atoms with Crippen molar-refractivity contribution in [2.45, 2.75) is 6.42 Å². The molecule has 0 radical (unpaired) electrons. The van der Waals surface area contributed by atoms with Gasteiger partial charge in [0.2, 0.25) is 0 Å². The highest BCUT2D eigenvalue weighted by Gasteiger charge is 2.26. The number of aromatic nitrogens is 2. The standard InChI is InChI=1S/C20H17ClN4O2/c1-27-18-7-6-14(10-15(18)21)24-19-11-16(22-12-23-19)20(26)25-9-8-13-4-2-3-5-17(13)25/h2-7,10-12H,8-9H2,1H3,(H,22,23,24). The van der Waals surface area contributed by atoms with Crippen molar-refractivity contribution in [3.8, 4) is 5.75 Å². The number of carbonyl (C=O) groups is 1. The van der Waals surface area contributed by atoms with E-state index in [1.807, 2.05) is 30.3 Å². The van der Waals surface area contributed by atoms with Crippen LogP contribution in [-0.2, 0) is 6.42 Å². The van der Waals surface area contributed by atoms with Gasteiger partial charge in [0.15, 0.2) is 0 Å². The average Bonchev–Trinajstić information content (AvgIpc) is 3.12. The first-order valence-corrected chi connectivity index (χ1v) is 8.86. The van der Waals surface area contributed by atoms with Crippen LogP contribution < -0.4 is 15.0 Å². The molecule has 1 N–H and O–H groups in total. The molecule has 0 atom stereocenters. The number of nitrogens with one attached hydrogen (secondary N) is 1. The number of nitrogens with zero attached hydrogens (tertiary/aromatic N) is 3. The van der Waals surface area contributed by atoms with Crippen LogP contribution in [0.15, 0.2) is 54.9 Å². The molecule has 1 aromatic heterocycles. The van der Waals surface area contributed by atoms with Gasteiger partial charge in [0.25, 0.3) is 5.91 Å². The van der Waals surface area contributed by atoms with Crippen LogP contribution in [0, 0.1) is 0 Å². The van der Waals surface area contributed by atoms with E-state index in [2.05, 4.69) is 15.3 Å². The van der Waals surface area contributed by atoms with Crippen molar-refractivity contribution in [2.75, 3.05) is 23.9 Å². The summed E-state index contributed by atoms with van der Waals surface area (Å²) in [5, 5.41) is 3.63. The maximum absolute atomic E-state index is 12.9. The molecule has 0 fully saturated rings. The second-order valence-corrected chi connectivity index (χ2v) is 6.51. The molecule has 27 heavy (non-hydrogen) atoms. The van der Waals surface area contributed by atoms with Gasteiger partial charge in [-0.15, -0.1) is 0 Å². The summed E-state index contributed by atoms with van der Waals surface area (Å²) in [6.45, 7) is 0.652. The number of halogens is 1. The minimum atomic E-state index is -0.141. The fraction of sp³-hybridized carbons (Fsp3) is 0.150. The van der Waals surface area contributed by atoms with E-state index >= 15 is 0 Å². The molecule has 7 heteroatoms. The maximum Gasteiger partial charge on any atom is 0.277 e. The quantitative estimate of drug-likeness (QED) is 0.738. The Bertz CT molecular complexity index is 1010. The van der Waals surface area contributed by atoms with Gasteiger partial charge in [-0.25, -0.2) is 9.97 Å². The zero-order valence-electron chi connectivity index (χ0n) is 14.6. The third kappa shape index (κ3) is 3.44. The molecule has 136 valence electrons. The van der Waals surface area contributed by atoms with E-state index in [-0.39, 0.29) is 5.91 Å². The number of hydrogen-bond acceptors (Lipinski definition) is 5. The molecule has 4 rings (SSSR count). The Balaban J connectivity index is 1.56. The molecule has 1 aliphatic heterocycles. The monoisotopic (exact) mass is 380 g/mol. The molecule has 3 aromatic rings. The molecule has 2 aromatic carbocycles. The van der Waals surface area contributed by atoms with Gasteiger partial charge < -0.3 is 15.0 Å². The number of amides is 1. The van der Waals surface area contributed by atoms with Gasteiger partial charge in [-0.2, -0.15) is 0 Å². The van der Waals surface area contributed by atoms with Crippen molar-refractivity contribution in [3.05, 3.63) is 71.1 Å². The smallest absolute Gasteiger partial charge is 0.277 e.